The Balaban J connectivity index is 0.000000606. The number of nitrogens with zero attached hydrogens (tertiary/aromatic N) is 1. The normalized spacial score (nSPS) is 9.44. The summed E-state index contributed by atoms with van der Waals surface area (Å²) in [5, 5.41) is 13.7. The lowest BCUT2D eigenvalue weighted by molar-refractivity contribution is 0.477. The molecule has 3 nitrogen and oxygen atoms in total. The van der Waals surface area contributed by atoms with Crippen molar-refractivity contribution in [3.8, 4) is 5.75 Å². The van der Waals surface area contributed by atoms with Gasteiger partial charge in [-0.25, -0.2) is 0 Å². The molecular weight excluding hydrogens is 270 g/mol. The number of halogens is 1. The van der Waals surface area contributed by atoms with Crippen LogP contribution in [0.2, 0.25) is 0 Å². The number of fused-ring (bicyclic) bond motifs is 1. The highest BCUT2D eigenvalue weighted by Gasteiger charge is 2.06. The zero-order valence-corrected chi connectivity index (χ0v) is 10.7. The Kier molecular flexibility index (Phi) is 4.43. The molecule has 1 N–H and O–H groups in total. The minimum atomic E-state index is -0.0881. The molecule has 0 saturated heterocycles. The van der Waals surface area contributed by atoms with Crippen LogP contribution in [-0.2, 0) is 0 Å². The van der Waals surface area contributed by atoms with Crippen LogP contribution in [0.3, 0.4) is 0 Å². The molecule has 0 amide bonds. The van der Waals surface area contributed by atoms with Crippen LogP contribution in [-0.4, -0.2) is 5.11 Å². The molecule has 0 fully saturated rings. The summed E-state index contributed by atoms with van der Waals surface area (Å²) in [7, 11) is 0. The number of hydrogen-bond acceptors (Lipinski definition) is 3. The second-order valence-corrected chi connectivity index (χ2v) is 3.81. The van der Waals surface area contributed by atoms with Crippen LogP contribution in [0.5, 0.6) is 5.75 Å². The Morgan fingerprint density at radius 2 is 1.88 bits per heavy atom. The fraction of sp³-hybridized carbons (Fsp3) is 0.167. The Hall–Kier alpha value is -1.42. The molecule has 0 atom stereocenters. The highest BCUT2D eigenvalue weighted by Crippen LogP contribution is 2.35. The van der Waals surface area contributed by atoms with Crippen LogP contribution < -0.4 is 0 Å². The molecule has 2 rings (SSSR count). The second-order valence-electron chi connectivity index (χ2n) is 2.89. The van der Waals surface area contributed by atoms with Gasteiger partial charge >= 0.3 is 0 Å². The van der Waals surface area contributed by atoms with Gasteiger partial charge in [-0.2, -0.15) is 0 Å². The molecule has 4 heteroatoms. The number of phenolic OH excluding ortho intramolecular Hbond substituents is 1. The van der Waals surface area contributed by atoms with Gasteiger partial charge in [0.1, 0.15) is 5.75 Å². The first kappa shape index (κ1) is 12.6. The maximum atomic E-state index is 10.5. The molecule has 0 aliphatic heterocycles. The number of benzene rings is 2. The first-order valence-electron chi connectivity index (χ1n) is 4.97. The van der Waals surface area contributed by atoms with Crippen LogP contribution in [0.15, 0.2) is 40.0 Å². The molecule has 2 aromatic rings. The van der Waals surface area contributed by atoms with Crippen LogP contribution in [0.25, 0.3) is 10.8 Å². The van der Waals surface area contributed by atoms with E-state index in [0.29, 0.717) is 5.39 Å². The summed E-state index contributed by atoms with van der Waals surface area (Å²) in [6.45, 7) is 4.00. The van der Waals surface area contributed by atoms with Gasteiger partial charge < -0.3 is 5.11 Å². The van der Waals surface area contributed by atoms with Crippen LogP contribution in [0.1, 0.15) is 13.8 Å². The lowest BCUT2D eigenvalue weighted by Crippen LogP contribution is -1.75. The van der Waals surface area contributed by atoms with E-state index >= 15 is 0 Å². The predicted molar refractivity (Wildman–Crippen MR) is 70.1 cm³/mol. The Morgan fingerprint density at radius 3 is 2.50 bits per heavy atom. The lowest BCUT2D eigenvalue weighted by atomic mass is 10.1. The number of rotatable bonds is 1. The minimum Gasteiger partial charge on any atom is -0.506 e. The molecule has 0 aliphatic carbocycles. The molecule has 0 aliphatic rings. The number of nitroso groups, excluding NO2 is 1. The van der Waals surface area contributed by atoms with Crippen molar-refractivity contribution in [3.05, 3.63) is 39.7 Å². The third-order valence-electron chi connectivity index (χ3n) is 2.02. The molecule has 0 heterocycles. The highest BCUT2D eigenvalue weighted by molar-refractivity contribution is 9.10. The molecule has 0 unspecified atom stereocenters. The van der Waals surface area contributed by atoms with Crippen LogP contribution in [0, 0.1) is 4.91 Å². The summed E-state index contributed by atoms with van der Waals surface area (Å²) in [5.74, 6) is -0.0881. The van der Waals surface area contributed by atoms with E-state index in [1.807, 2.05) is 19.9 Å². The van der Waals surface area contributed by atoms with Crippen molar-refractivity contribution < 1.29 is 5.11 Å². The molecular formula is C12H12BrNO2. The molecule has 84 valence electrons. The minimum absolute atomic E-state index is 0.0881. The van der Waals surface area contributed by atoms with E-state index in [1.165, 1.54) is 6.07 Å². The smallest absolute Gasteiger partial charge is 0.157 e. The van der Waals surface area contributed by atoms with Crippen molar-refractivity contribution in [2.75, 3.05) is 0 Å². The number of hydrogen-bond donors (Lipinski definition) is 1. The SMILES string of the molecule is CC.O=Nc1c(O)ccc2cc(Br)ccc12. The Morgan fingerprint density at radius 1 is 1.19 bits per heavy atom. The lowest BCUT2D eigenvalue weighted by Gasteiger charge is -2.02. The number of phenols is 1. The molecule has 2 aromatic carbocycles. The van der Waals surface area contributed by atoms with Gasteiger partial charge in [-0.15, -0.1) is 4.91 Å². The number of aromatic hydroxyl groups is 1. The zero-order chi connectivity index (χ0) is 12.1. The van der Waals surface area contributed by atoms with Gasteiger partial charge in [0.15, 0.2) is 5.69 Å². The van der Waals surface area contributed by atoms with E-state index in [4.69, 9.17) is 0 Å². The van der Waals surface area contributed by atoms with E-state index in [9.17, 15) is 10.0 Å². The average molecular weight is 282 g/mol. The summed E-state index contributed by atoms with van der Waals surface area (Å²) in [6.07, 6.45) is 0. The Bertz CT molecular complexity index is 512. The third-order valence-corrected chi connectivity index (χ3v) is 2.52. The predicted octanol–water partition coefficient (Wildman–Crippen LogP) is 4.73. The first-order chi connectivity index (χ1) is 7.72. The molecule has 0 bridgehead atoms. The van der Waals surface area contributed by atoms with Crippen LogP contribution >= 0.6 is 15.9 Å². The van der Waals surface area contributed by atoms with Crippen molar-refractivity contribution in [2.45, 2.75) is 13.8 Å². The van der Waals surface area contributed by atoms with E-state index in [-0.39, 0.29) is 11.4 Å². The summed E-state index contributed by atoms with van der Waals surface area (Å²) < 4.78 is 0.924. The molecule has 16 heavy (non-hydrogen) atoms. The summed E-state index contributed by atoms with van der Waals surface area (Å²) >= 11 is 3.33. The molecule has 0 saturated carbocycles. The van der Waals surface area contributed by atoms with Crippen molar-refractivity contribution >= 4 is 32.4 Å². The monoisotopic (exact) mass is 281 g/mol. The highest BCUT2D eigenvalue weighted by atomic mass is 79.9. The van der Waals surface area contributed by atoms with E-state index < -0.39 is 0 Å². The molecule has 0 spiro atoms. The van der Waals surface area contributed by atoms with Crippen molar-refractivity contribution in [1.82, 2.24) is 0 Å². The van der Waals surface area contributed by atoms with Crippen LogP contribution in [0.4, 0.5) is 5.69 Å². The van der Waals surface area contributed by atoms with E-state index in [1.54, 1.807) is 18.2 Å². The van der Waals surface area contributed by atoms with Crippen molar-refractivity contribution in [3.63, 3.8) is 0 Å². The van der Waals surface area contributed by atoms with Gasteiger partial charge in [0, 0.05) is 9.86 Å². The van der Waals surface area contributed by atoms with E-state index in [0.717, 1.165) is 9.86 Å². The molecule has 0 aromatic heterocycles. The van der Waals surface area contributed by atoms with Gasteiger partial charge in [-0.3, -0.25) is 0 Å². The van der Waals surface area contributed by atoms with Gasteiger partial charge in [0.2, 0.25) is 0 Å². The summed E-state index contributed by atoms with van der Waals surface area (Å²) in [6, 6.07) is 8.62. The zero-order valence-electron chi connectivity index (χ0n) is 9.07. The third kappa shape index (κ3) is 2.39. The van der Waals surface area contributed by atoms with Gasteiger partial charge in [0.25, 0.3) is 0 Å². The standard InChI is InChI=1S/C10H6BrNO2.C2H6/c11-7-2-3-8-6(5-7)1-4-9(13)10(8)12-14;1-2/h1-5,13H;1-2H3. The summed E-state index contributed by atoms with van der Waals surface area (Å²) in [4.78, 5) is 10.5. The maximum Gasteiger partial charge on any atom is 0.157 e. The first-order valence-corrected chi connectivity index (χ1v) is 5.76. The largest absolute Gasteiger partial charge is 0.506 e. The molecule has 0 radical (unpaired) electrons. The van der Waals surface area contributed by atoms with E-state index in [2.05, 4.69) is 21.1 Å². The topological polar surface area (TPSA) is 49.7 Å². The average Bonchev–Trinajstić information content (AvgIpc) is 2.32. The fourth-order valence-corrected chi connectivity index (χ4v) is 1.75. The van der Waals surface area contributed by atoms with Gasteiger partial charge in [-0.05, 0) is 28.8 Å². The second kappa shape index (κ2) is 5.61. The van der Waals surface area contributed by atoms with Crippen molar-refractivity contribution in [2.24, 2.45) is 5.18 Å². The van der Waals surface area contributed by atoms with Gasteiger partial charge in [0.05, 0.1) is 0 Å². The quantitative estimate of drug-likeness (QED) is 0.768. The van der Waals surface area contributed by atoms with Gasteiger partial charge in [-0.1, -0.05) is 41.9 Å². The summed E-state index contributed by atoms with van der Waals surface area (Å²) in [5.41, 5.74) is 0.0926. The van der Waals surface area contributed by atoms with Crippen molar-refractivity contribution in [1.29, 1.82) is 0 Å². The fourth-order valence-electron chi connectivity index (χ4n) is 1.37. The Labute approximate surface area is 102 Å². The maximum absolute atomic E-state index is 10.5.